The number of carbonyl (C=O) groups excluding carboxylic acids is 1. The molecule has 30 heavy (non-hydrogen) atoms. The fraction of sp³-hybridized carbons (Fsp3) is 0.292. The Morgan fingerprint density at radius 1 is 1.13 bits per heavy atom. The maximum absolute atomic E-state index is 12.8. The molecular formula is C24H25ClN4O. The van der Waals surface area contributed by atoms with Gasteiger partial charge >= 0.3 is 0 Å². The summed E-state index contributed by atoms with van der Waals surface area (Å²) in [6.45, 7) is 4.51. The molecule has 1 amide bonds. The molecule has 1 heterocycles. The fourth-order valence-electron chi connectivity index (χ4n) is 3.60. The standard InChI is InChI=1S/C24H25ClN4O/c1-17-22(18(2)29(28-17)16-6-15-26)13-14-23(30)27-24(19-7-4-3-5-8-19)20-9-11-21(25)12-10-20/h3-5,7-12,24H,6,13-14,16H2,1-2H3,(H,27,30). The van der Waals surface area contributed by atoms with Gasteiger partial charge in [0.25, 0.3) is 0 Å². The first kappa shape index (κ1) is 21.6. The minimum Gasteiger partial charge on any atom is -0.345 e. The Morgan fingerprint density at radius 3 is 2.47 bits per heavy atom. The number of halogens is 1. The zero-order valence-corrected chi connectivity index (χ0v) is 18.0. The van der Waals surface area contributed by atoms with Crippen LogP contribution >= 0.6 is 11.6 Å². The number of aryl methyl sites for hydroxylation is 2. The van der Waals surface area contributed by atoms with Gasteiger partial charge in [-0.15, -0.1) is 0 Å². The van der Waals surface area contributed by atoms with Crippen molar-refractivity contribution in [3.05, 3.63) is 87.7 Å². The summed E-state index contributed by atoms with van der Waals surface area (Å²) in [6, 6.07) is 19.4. The third kappa shape index (κ3) is 5.28. The van der Waals surface area contributed by atoms with Crippen molar-refractivity contribution < 1.29 is 4.79 Å². The number of nitriles is 1. The molecule has 6 heteroatoms. The van der Waals surface area contributed by atoms with Gasteiger partial charge in [-0.1, -0.05) is 54.1 Å². The van der Waals surface area contributed by atoms with Crippen LogP contribution in [0.2, 0.25) is 5.02 Å². The Hall–Kier alpha value is -3.10. The van der Waals surface area contributed by atoms with Crippen LogP contribution in [0.1, 0.15) is 47.0 Å². The number of hydrogen-bond acceptors (Lipinski definition) is 3. The van der Waals surface area contributed by atoms with Crippen molar-refractivity contribution >= 4 is 17.5 Å². The second kappa shape index (κ2) is 10.1. The number of amides is 1. The smallest absolute Gasteiger partial charge is 0.221 e. The molecule has 0 aliphatic carbocycles. The number of rotatable bonds is 8. The Labute approximate surface area is 182 Å². The van der Waals surface area contributed by atoms with Crippen LogP contribution in [0.3, 0.4) is 0 Å². The number of benzene rings is 2. The van der Waals surface area contributed by atoms with E-state index in [9.17, 15) is 4.79 Å². The zero-order valence-electron chi connectivity index (χ0n) is 17.2. The predicted molar refractivity (Wildman–Crippen MR) is 118 cm³/mol. The lowest BCUT2D eigenvalue weighted by atomic mass is 9.98. The minimum atomic E-state index is -0.239. The molecule has 0 saturated carbocycles. The zero-order chi connectivity index (χ0) is 21.5. The van der Waals surface area contributed by atoms with Crippen LogP contribution in [0, 0.1) is 25.2 Å². The van der Waals surface area contributed by atoms with Crippen LogP contribution in [0.25, 0.3) is 0 Å². The monoisotopic (exact) mass is 420 g/mol. The highest BCUT2D eigenvalue weighted by Gasteiger charge is 2.18. The van der Waals surface area contributed by atoms with Crippen LogP contribution in [-0.2, 0) is 17.8 Å². The first-order valence-corrected chi connectivity index (χ1v) is 10.4. The van der Waals surface area contributed by atoms with Crippen molar-refractivity contribution in [1.82, 2.24) is 15.1 Å². The van der Waals surface area contributed by atoms with E-state index in [2.05, 4.69) is 16.5 Å². The van der Waals surface area contributed by atoms with Gasteiger partial charge < -0.3 is 5.32 Å². The molecule has 0 fully saturated rings. The number of nitrogens with one attached hydrogen (secondary N) is 1. The van der Waals surface area contributed by atoms with Crippen LogP contribution in [0.15, 0.2) is 54.6 Å². The maximum atomic E-state index is 12.8. The van der Waals surface area contributed by atoms with E-state index >= 15 is 0 Å². The fourth-order valence-corrected chi connectivity index (χ4v) is 3.73. The third-order valence-electron chi connectivity index (χ3n) is 5.21. The van der Waals surface area contributed by atoms with Gasteiger partial charge in [0.15, 0.2) is 0 Å². The first-order chi connectivity index (χ1) is 14.5. The van der Waals surface area contributed by atoms with Gasteiger partial charge in [-0.05, 0) is 49.1 Å². The van der Waals surface area contributed by atoms with Crippen LogP contribution < -0.4 is 5.32 Å². The molecule has 0 aliphatic heterocycles. The second-order valence-electron chi connectivity index (χ2n) is 7.24. The highest BCUT2D eigenvalue weighted by atomic mass is 35.5. The molecule has 1 unspecified atom stereocenters. The minimum absolute atomic E-state index is 0.0256. The summed E-state index contributed by atoms with van der Waals surface area (Å²) in [4.78, 5) is 12.8. The van der Waals surface area contributed by atoms with Gasteiger partial charge in [0.05, 0.1) is 30.8 Å². The van der Waals surface area contributed by atoms with Crippen LogP contribution in [0.5, 0.6) is 0 Å². The van der Waals surface area contributed by atoms with E-state index < -0.39 is 0 Å². The largest absolute Gasteiger partial charge is 0.345 e. The van der Waals surface area contributed by atoms with Crippen molar-refractivity contribution in [1.29, 1.82) is 5.26 Å². The molecule has 2 aromatic carbocycles. The van der Waals surface area contributed by atoms with E-state index in [4.69, 9.17) is 16.9 Å². The predicted octanol–water partition coefficient (Wildman–Crippen LogP) is 4.91. The van der Waals surface area contributed by atoms with E-state index in [1.165, 1.54) is 0 Å². The lowest BCUT2D eigenvalue weighted by Gasteiger charge is -2.20. The molecule has 0 spiro atoms. The van der Waals surface area contributed by atoms with Gasteiger partial charge in [-0.3, -0.25) is 9.48 Å². The van der Waals surface area contributed by atoms with Crippen molar-refractivity contribution in [3.8, 4) is 6.07 Å². The molecule has 0 aliphatic rings. The molecule has 1 atom stereocenters. The molecule has 0 radical (unpaired) electrons. The number of aromatic nitrogens is 2. The van der Waals surface area contributed by atoms with Gasteiger partial charge in [0.1, 0.15) is 0 Å². The summed E-state index contributed by atoms with van der Waals surface area (Å²) in [7, 11) is 0. The summed E-state index contributed by atoms with van der Waals surface area (Å²) < 4.78 is 1.85. The summed E-state index contributed by atoms with van der Waals surface area (Å²) in [5, 5.41) is 17.1. The summed E-state index contributed by atoms with van der Waals surface area (Å²) >= 11 is 6.04. The van der Waals surface area contributed by atoms with Crippen LogP contribution in [-0.4, -0.2) is 15.7 Å². The second-order valence-corrected chi connectivity index (χ2v) is 7.68. The van der Waals surface area contributed by atoms with E-state index in [0.717, 1.165) is 28.1 Å². The van der Waals surface area contributed by atoms with Crippen molar-refractivity contribution in [3.63, 3.8) is 0 Å². The van der Waals surface area contributed by atoms with Gasteiger partial charge in [0.2, 0.25) is 5.91 Å². The van der Waals surface area contributed by atoms with Crippen molar-refractivity contribution in [2.24, 2.45) is 0 Å². The summed E-state index contributed by atoms with van der Waals surface area (Å²) in [5.74, 6) is -0.0256. The maximum Gasteiger partial charge on any atom is 0.221 e. The normalized spacial score (nSPS) is 11.7. The third-order valence-corrected chi connectivity index (χ3v) is 5.46. The molecular weight excluding hydrogens is 396 g/mol. The summed E-state index contributed by atoms with van der Waals surface area (Å²) in [6.07, 6.45) is 1.39. The molecule has 1 aromatic heterocycles. The molecule has 3 aromatic rings. The van der Waals surface area contributed by atoms with E-state index in [1.807, 2.05) is 73.1 Å². The topological polar surface area (TPSA) is 70.7 Å². The SMILES string of the molecule is Cc1nn(CCC#N)c(C)c1CCC(=O)NC(c1ccccc1)c1ccc(Cl)cc1. The molecule has 3 rings (SSSR count). The van der Waals surface area contributed by atoms with Crippen LogP contribution in [0.4, 0.5) is 0 Å². The Kier molecular flexibility index (Phi) is 7.26. The highest BCUT2D eigenvalue weighted by molar-refractivity contribution is 6.30. The van der Waals surface area contributed by atoms with E-state index in [-0.39, 0.29) is 11.9 Å². The summed E-state index contributed by atoms with van der Waals surface area (Å²) in [5.41, 5.74) is 5.01. The lowest BCUT2D eigenvalue weighted by Crippen LogP contribution is -2.29. The van der Waals surface area contributed by atoms with E-state index in [1.54, 1.807) is 0 Å². The lowest BCUT2D eigenvalue weighted by molar-refractivity contribution is -0.121. The van der Waals surface area contributed by atoms with Crippen molar-refractivity contribution in [2.75, 3.05) is 0 Å². The first-order valence-electron chi connectivity index (χ1n) is 9.99. The molecule has 0 bridgehead atoms. The Balaban J connectivity index is 1.72. The molecule has 0 saturated heterocycles. The highest BCUT2D eigenvalue weighted by Crippen LogP contribution is 2.24. The van der Waals surface area contributed by atoms with Gasteiger partial charge in [-0.25, -0.2) is 0 Å². The molecule has 154 valence electrons. The number of nitrogens with zero attached hydrogens (tertiary/aromatic N) is 3. The van der Waals surface area contributed by atoms with Gasteiger partial charge in [0, 0.05) is 17.1 Å². The average Bonchev–Trinajstić information content (AvgIpc) is 3.03. The number of carbonyl (C=O) groups is 1. The van der Waals surface area contributed by atoms with Gasteiger partial charge in [-0.2, -0.15) is 10.4 Å². The molecule has 1 N–H and O–H groups in total. The number of hydrogen-bond donors (Lipinski definition) is 1. The average molecular weight is 421 g/mol. The van der Waals surface area contributed by atoms with Crippen molar-refractivity contribution in [2.45, 2.75) is 45.7 Å². The molecule has 5 nitrogen and oxygen atoms in total. The Morgan fingerprint density at radius 2 is 1.80 bits per heavy atom. The van der Waals surface area contributed by atoms with E-state index in [0.29, 0.717) is 30.8 Å². The Bertz CT molecular complexity index is 1040. The quantitative estimate of drug-likeness (QED) is 0.563.